The number of amides is 1. The van der Waals surface area contributed by atoms with Crippen LogP contribution in [0.2, 0.25) is 0 Å². The molecule has 0 spiro atoms. The first-order valence-corrected chi connectivity index (χ1v) is 36.8. The van der Waals surface area contributed by atoms with Crippen molar-refractivity contribution in [3.63, 3.8) is 0 Å². The van der Waals surface area contributed by atoms with E-state index in [1.54, 1.807) is 0 Å². The third-order valence-corrected chi connectivity index (χ3v) is 18.9. The summed E-state index contributed by atoms with van der Waals surface area (Å²) in [5.41, 5.74) is 0. The van der Waals surface area contributed by atoms with E-state index in [4.69, 9.17) is 28.4 Å². The van der Waals surface area contributed by atoms with Crippen LogP contribution in [0.3, 0.4) is 0 Å². The van der Waals surface area contributed by atoms with Crippen LogP contribution < -0.4 is 5.32 Å². The maximum absolute atomic E-state index is 13.3. The lowest BCUT2D eigenvalue weighted by atomic mass is 9.96. The monoisotopic (exact) mass is 1280 g/mol. The van der Waals surface area contributed by atoms with Gasteiger partial charge in [-0.05, 0) is 12.8 Å². The van der Waals surface area contributed by atoms with Crippen LogP contribution in [-0.2, 0) is 33.2 Å². The van der Waals surface area contributed by atoms with Crippen molar-refractivity contribution in [1.82, 2.24) is 5.32 Å². The van der Waals surface area contributed by atoms with E-state index in [0.717, 1.165) is 57.8 Å². The van der Waals surface area contributed by atoms with Crippen LogP contribution in [0.15, 0.2) is 0 Å². The van der Waals surface area contributed by atoms with Crippen molar-refractivity contribution in [2.75, 3.05) is 26.4 Å². The average molecular weight is 1280 g/mol. The van der Waals surface area contributed by atoms with Crippen molar-refractivity contribution < 1.29 is 89.4 Å². The summed E-state index contributed by atoms with van der Waals surface area (Å²) in [6, 6.07) is -0.879. The molecule has 0 radical (unpaired) electrons. The third kappa shape index (κ3) is 34.9. The van der Waals surface area contributed by atoms with Crippen LogP contribution in [0.25, 0.3) is 0 Å². The van der Waals surface area contributed by atoms with E-state index in [1.807, 2.05) is 0 Å². The van der Waals surface area contributed by atoms with Crippen LogP contribution in [0.5, 0.6) is 0 Å². The Labute approximate surface area is 538 Å². The van der Waals surface area contributed by atoms with E-state index in [1.165, 1.54) is 218 Å². The predicted molar refractivity (Wildman–Crippen MR) is 347 cm³/mol. The van der Waals surface area contributed by atoms with Gasteiger partial charge in [0.15, 0.2) is 18.9 Å². The van der Waals surface area contributed by atoms with Crippen molar-refractivity contribution >= 4 is 5.91 Å². The van der Waals surface area contributed by atoms with Gasteiger partial charge in [-0.2, -0.15) is 0 Å². The highest BCUT2D eigenvalue weighted by Gasteiger charge is 2.53. The summed E-state index contributed by atoms with van der Waals surface area (Å²) in [5, 5.41) is 120. The Morgan fingerprint density at radius 3 is 0.978 bits per heavy atom. The molecule has 3 rings (SSSR count). The van der Waals surface area contributed by atoms with Crippen LogP contribution in [0.1, 0.15) is 309 Å². The number of carbonyl (C=O) groups excluding carboxylic acids is 1. The zero-order valence-electron chi connectivity index (χ0n) is 55.9. The second-order valence-corrected chi connectivity index (χ2v) is 26.8. The smallest absolute Gasteiger partial charge is 0.220 e. The minimum absolute atomic E-state index is 0.240. The van der Waals surface area contributed by atoms with Crippen LogP contribution >= 0.6 is 0 Å². The number of unbranched alkanes of at least 4 members (excludes halogenated alkanes) is 42. The fraction of sp³-hybridized carbons (Fsp3) is 0.986. The summed E-state index contributed by atoms with van der Waals surface area (Å²) in [7, 11) is 0. The van der Waals surface area contributed by atoms with E-state index in [-0.39, 0.29) is 18.9 Å². The molecule has 19 nitrogen and oxygen atoms in total. The SMILES string of the molecule is CCCCCCCCCCCCCCCCCCCCCCCCCCCCCCCCCCCCCCCC(=O)NC(COC1OC(CO)C(OC2OC(CO)C(OC3OC(CO)C(O)C(O)C3O)C(O)C2O)C(O)C1O)C(O)CCCCCCCCC. The maximum atomic E-state index is 13.3. The maximum Gasteiger partial charge on any atom is 0.220 e. The molecule has 0 bridgehead atoms. The number of nitrogens with one attached hydrogen (secondary N) is 1. The largest absolute Gasteiger partial charge is 0.394 e. The van der Waals surface area contributed by atoms with Gasteiger partial charge in [0.2, 0.25) is 5.91 Å². The first-order valence-electron chi connectivity index (χ1n) is 36.8. The Kier molecular flexibility index (Phi) is 48.8. The molecule has 17 atom stereocenters. The van der Waals surface area contributed by atoms with Gasteiger partial charge >= 0.3 is 0 Å². The number of ether oxygens (including phenoxy) is 6. The molecule has 0 aromatic carbocycles. The Morgan fingerprint density at radius 1 is 0.360 bits per heavy atom. The molecule has 0 aromatic rings. The Hall–Kier alpha value is -1.21. The van der Waals surface area contributed by atoms with Gasteiger partial charge in [-0.15, -0.1) is 0 Å². The molecular weight excluding hydrogens is 1140 g/mol. The summed E-state index contributed by atoms with van der Waals surface area (Å²) < 4.78 is 34.3. The lowest BCUT2D eigenvalue weighted by Gasteiger charge is -2.48. The number of rotatable bonds is 58. The Morgan fingerprint density at radius 2 is 0.640 bits per heavy atom. The highest BCUT2D eigenvalue weighted by Crippen LogP contribution is 2.33. The second-order valence-electron chi connectivity index (χ2n) is 26.8. The quantitative estimate of drug-likeness (QED) is 0.0252. The van der Waals surface area contributed by atoms with Crippen molar-refractivity contribution in [3.05, 3.63) is 0 Å². The van der Waals surface area contributed by atoms with Gasteiger partial charge in [0, 0.05) is 6.42 Å². The van der Waals surface area contributed by atoms with E-state index in [9.17, 15) is 61.0 Å². The molecule has 3 heterocycles. The molecule has 89 heavy (non-hydrogen) atoms. The van der Waals surface area contributed by atoms with Gasteiger partial charge in [0.05, 0.1) is 38.6 Å². The number of aliphatic hydroxyl groups excluding tert-OH is 11. The van der Waals surface area contributed by atoms with E-state index < -0.39 is 124 Å². The fourth-order valence-electron chi connectivity index (χ4n) is 13.0. The molecule has 1 amide bonds. The molecular formula is C70H135NO18. The highest BCUT2D eigenvalue weighted by atomic mass is 16.8. The van der Waals surface area contributed by atoms with E-state index >= 15 is 0 Å². The van der Waals surface area contributed by atoms with Gasteiger partial charge in [-0.3, -0.25) is 4.79 Å². The summed E-state index contributed by atoms with van der Waals surface area (Å²) in [4.78, 5) is 13.3. The van der Waals surface area contributed by atoms with E-state index in [0.29, 0.717) is 12.8 Å². The van der Waals surface area contributed by atoms with Gasteiger partial charge in [0.1, 0.15) is 73.2 Å². The number of carbonyl (C=O) groups is 1. The molecule has 3 aliphatic rings. The molecule has 12 N–H and O–H groups in total. The van der Waals surface area contributed by atoms with Gasteiger partial charge < -0.3 is 89.9 Å². The number of aliphatic hydroxyl groups is 11. The number of hydrogen-bond donors (Lipinski definition) is 12. The van der Waals surface area contributed by atoms with Crippen LogP contribution in [0.4, 0.5) is 0 Å². The zero-order chi connectivity index (χ0) is 64.7. The predicted octanol–water partition coefficient (Wildman–Crippen LogP) is 10.3. The highest BCUT2D eigenvalue weighted by molar-refractivity contribution is 5.76. The third-order valence-electron chi connectivity index (χ3n) is 18.9. The molecule has 528 valence electrons. The van der Waals surface area contributed by atoms with Crippen molar-refractivity contribution in [2.45, 2.75) is 413 Å². The first kappa shape index (κ1) is 82.0. The van der Waals surface area contributed by atoms with Crippen molar-refractivity contribution in [1.29, 1.82) is 0 Å². The topological polar surface area (TPSA) is 307 Å². The summed E-state index contributed by atoms with van der Waals surface area (Å²) in [5.74, 6) is -0.240. The minimum Gasteiger partial charge on any atom is -0.394 e. The summed E-state index contributed by atoms with van der Waals surface area (Å²) in [6.07, 6.45) is 31.5. The molecule has 19 heteroatoms. The minimum atomic E-state index is -1.97. The van der Waals surface area contributed by atoms with Crippen LogP contribution in [-0.4, -0.2) is 193 Å². The summed E-state index contributed by atoms with van der Waals surface area (Å²) >= 11 is 0. The Bertz CT molecular complexity index is 1620. The first-order chi connectivity index (χ1) is 43.3. The van der Waals surface area contributed by atoms with Gasteiger partial charge in [-0.1, -0.05) is 290 Å². The molecule has 3 fully saturated rings. The Balaban J connectivity index is 1.24. The average Bonchev–Trinajstić information content (AvgIpc) is 2.14. The fourth-order valence-corrected chi connectivity index (χ4v) is 13.0. The van der Waals surface area contributed by atoms with Gasteiger partial charge in [-0.25, -0.2) is 0 Å². The van der Waals surface area contributed by atoms with Crippen molar-refractivity contribution in [3.8, 4) is 0 Å². The summed E-state index contributed by atoms with van der Waals surface area (Å²) in [6.45, 7) is 1.77. The van der Waals surface area contributed by atoms with Crippen molar-refractivity contribution in [2.24, 2.45) is 0 Å². The van der Waals surface area contributed by atoms with Gasteiger partial charge in [0.25, 0.3) is 0 Å². The molecule has 3 saturated heterocycles. The molecule has 0 aliphatic carbocycles. The van der Waals surface area contributed by atoms with E-state index in [2.05, 4.69) is 19.2 Å². The molecule has 3 aliphatic heterocycles. The molecule has 17 unspecified atom stereocenters. The zero-order valence-corrected chi connectivity index (χ0v) is 55.9. The lowest BCUT2D eigenvalue weighted by molar-refractivity contribution is -0.379. The lowest BCUT2D eigenvalue weighted by Crippen LogP contribution is -2.66. The standard InChI is InChI=1S/C70H135NO18/c1-3-5-7-9-11-12-13-14-15-16-17-18-19-20-21-22-23-24-25-26-27-28-29-30-31-32-33-34-35-36-37-38-39-40-42-44-46-48-58(76)71-53(54(75)47-45-43-41-10-8-6-4-2)52-84-68-64(82)61(79)66(56(50-73)86-68)89-70-65(83)62(80)67(57(51-74)87-70)88-69-63(81)60(78)59(77)55(49-72)85-69/h53-57,59-70,72-75,77-83H,3-52H2,1-2H3,(H,71,76). The molecule has 0 saturated carbocycles. The van der Waals surface area contributed by atoms with Crippen LogP contribution in [0, 0.1) is 0 Å². The number of hydrogen-bond acceptors (Lipinski definition) is 18. The molecule has 0 aromatic heterocycles. The second kappa shape index (κ2) is 53.0. The normalized spacial score (nSPS) is 28.1.